The number of halogens is 2. The van der Waals surface area contributed by atoms with Crippen molar-refractivity contribution < 1.29 is 9.53 Å². The molecule has 0 saturated carbocycles. The van der Waals surface area contributed by atoms with Crippen molar-refractivity contribution >= 4 is 57.5 Å². The Morgan fingerprint density at radius 3 is 2.76 bits per heavy atom. The number of aromatic nitrogens is 2. The molecule has 1 aliphatic rings. The molecule has 0 atom stereocenters. The van der Waals surface area contributed by atoms with E-state index in [1.807, 2.05) is 42.6 Å². The van der Waals surface area contributed by atoms with Gasteiger partial charge in [-0.1, -0.05) is 23.2 Å². The van der Waals surface area contributed by atoms with Crippen LogP contribution in [0.5, 0.6) is 5.75 Å². The average molecular weight is 510 g/mol. The van der Waals surface area contributed by atoms with Crippen LogP contribution in [-0.2, 0) is 4.79 Å². The van der Waals surface area contributed by atoms with E-state index in [1.54, 1.807) is 35.3 Å². The van der Waals surface area contributed by atoms with Crippen LogP contribution in [0.3, 0.4) is 0 Å². The summed E-state index contributed by atoms with van der Waals surface area (Å²) in [7, 11) is 0. The standard InChI is InChI=1S/C24H17Cl2N5O2S/c1-14(15-6-8-27-9-7-15)30-31-21(16-2-5-22-20(10-16)28-23(32)12-33-22)13-34-24(31)29-19-4-3-17(25)11-18(19)26/h2-11,13H,12H2,1H3,(H,28,32). The van der Waals surface area contributed by atoms with Gasteiger partial charge in [0.05, 0.1) is 27.8 Å². The molecule has 7 nitrogen and oxygen atoms in total. The summed E-state index contributed by atoms with van der Waals surface area (Å²) in [6.45, 7) is 1.93. The third-order valence-electron chi connectivity index (χ3n) is 5.07. The minimum absolute atomic E-state index is 0.00506. The van der Waals surface area contributed by atoms with Crippen molar-refractivity contribution in [1.29, 1.82) is 0 Å². The summed E-state index contributed by atoms with van der Waals surface area (Å²) < 4.78 is 7.26. The minimum atomic E-state index is -0.192. The average Bonchev–Trinajstić information content (AvgIpc) is 3.22. The van der Waals surface area contributed by atoms with E-state index in [1.165, 1.54) is 11.3 Å². The molecule has 2 aromatic carbocycles. The highest BCUT2D eigenvalue weighted by atomic mass is 35.5. The van der Waals surface area contributed by atoms with Gasteiger partial charge in [0.2, 0.25) is 4.80 Å². The number of amides is 1. The molecule has 0 bridgehead atoms. The Morgan fingerprint density at radius 1 is 1.15 bits per heavy atom. The van der Waals surface area contributed by atoms with E-state index in [0.717, 1.165) is 22.5 Å². The molecular formula is C24H17Cl2N5O2S. The molecule has 34 heavy (non-hydrogen) atoms. The molecule has 3 heterocycles. The number of carbonyl (C=O) groups excluding carboxylic acids is 1. The second kappa shape index (κ2) is 9.42. The fourth-order valence-corrected chi connectivity index (χ4v) is 4.68. The van der Waals surface area contributed by atoms with Crippen LogP contribution in [0.1, 0.15) is 12.5 Å². The summed E-state index contributed by atoms with van der Waals surface area (Å²) in [6.07, 6.45) is 3.44. The molecule has 0 fully saturated rings. The van der Waals surface area contributed by atoms with Crippen LogP contribution in [0.4, 0.5) is 11.4 Å². The first-order valence-corrected chi connectivity index (χ1v) is 11.8. The van der Waals surface area contributed by atoms with Crippen molar-refractivity contribution in [2.24, 2.45) is 10.1 Å². The van der Waals surface area contributed by atoms with Gasteiger partial charge in [0.15, 0.2) is 6.61 Å². The predicted molar refractivity (Wildman–Crippen MR) is 135 cm³/mol. The van der Waals surface area contributed by atoms with Crippen LogP contribution >= 0.6 is 34.5 Å². The van der Waals surface area contributed by atoms with E-state index < -0.39 is 0 Å². The second-order valence-corrected chi connectivity index (χ2v) is 9.07. The van der Waals surface area contributed by atoms with Crippen molar-refractivity contribution in [3.63, 3.8) is 0 Å². The quantitative estimate of drug-likeness (QED) is 0.355. The number of fused-ring (bicyclic) bond motifs is 1. The highest BCUT2D eigenvalue weighted by molar-refractivity contribution is 7.07. The molecular weight excluding hydrogens is 493 g/mol. The van der Waals surface area contributed by atoms with Gasteiger partial charge < -0.3 is 10.1 Å². The van der Waals surface area contributed by atoms with Gasteiger partial charge in [-0.25, -0.2) is 9.67 Å². The lowest BCUT2D eigenvalue weighted by Gasteiger charge is -2.18. The molecule has 2 aromatic heterocycles. The zero-order valence-electron chi connectivity index (χ0n) is 17.8. The number of nitrogens with one attached hydrogen (secondary N) is 1. The summed E-state index contributed by atoms with van der Waals surface area (Å²) >= 11 is 13.8. The summed E-state index contributed by atoms with van der Waals surface area (Å²) in [5.74, 6) is 0.432. The Labute approximate surface area is 209 Å². The van der Waals surface area contributed by atoms with Crippen LogP contribution in [0.25, 0.3) is 11.3 Å². The maximum atomic E-state index is 11.8. The molecule has 0 spiro atoms. The number of ether oxygens (including phenoxy) is 1. The number of hydrogen-bond acceptors (Lipinski definition) is 6. The molecule has 1 amide bonds. The van der Waals surface area contributed by atoms with E-state index in [0.29, 0.717) is 32.0 Å². The first-order chi connectivity index (χ1) is 16.5. The van der Waals surface area contributed by atoms with E-state index in [2.05, 4.69) is 10.3 Å². The van der Waals surface area contributed by atoms with Gasteiger partial charge in [-0.15, -0.1) is 11.3 Å². The number of carbonyl (C=O) groups is 1. The van der Waals surface area contributed by atoms with E-state index >= 15 is 0 Å². The van der Waals surface area contributed by atoms with E-state index in [4.69, 9.17) is 38.0 Å². The van der Waals surface area contributed by atoms with E-state index in [-0.39, 0.29) is 12.5 Å². The van der Waals surface area contributed by atoms with Crippen molar-refractivity contribution in [3.05, 3.63) is 86.7 Å². The molecule has 4 aromatic rings. The summed E-state index contributed by atoms with van der Waals surface area (Å²) in [5, 5.41) is 10.7. The highest BCUT2D eigenvalue weighted by Gasteiger charge is 2.18. The van der Waals surface area contributed by atoms with Crippen LogP contribution < -0.4 is 14.9 Å². The minimum Gasteiger partial charge on any atom is -0.482 e. The maximum Gasteiger partial charge on any atom is 0.262 e. The molecule has 1 aliphatic heterocycles. The third kappa shape index (κ3) is 4.61. The number of nitrogens with zero attached hydrogens (tertiary/aromatic N) is 4. The fraction of sp³-hybridized carbons (Fsp3) is 0.0833. The number of benzene rings is 2. The van der Waals surface area contributed by atoms with Crippen molar-refractivity contribution in [1.82, 2.24) is 9.66 Å². The third-order valence-corrected chi connectivity index (χ3v) is 6.42. The highest BCUT2D eigenvalue weighted by Crippen LogP contribution is 2.33. The molecule has 1 N–H and O–H groups in total. The number of rotatable bonds is 4. The first-order valence-electron chi connectivity index (χ1n) is 10.2. The van der Waals surface area contributed by atoms with Crippen LogP contribution in [-0.4, -0.2) is 27.9 Å². The fourth-order valence-electron chi connectivity index (χ4n) is 3.39. The lowest BCUT2D eigenvalue weighted by molar-refractivity contribution is -0.118. The Morgan fingerprint density at radius 2 is 1.97 bits per heavy atom. The summed E-state index contributed by atoms with van der Waals surface area (Å²) in [5.41, 5.74) is 4.54. The van der Waals surface area contributed by atoms with Gasteiger partial charge in [-0.2, -0.15) is 5.10 Å². The van der Waals surface area contributed by atoms with Crippen LogP contribution in [0, 0.1) is 0 Å². The van der Waals surface area contributed by atoms with Crippen LogP contribution in [0.15, 0.2) is 76.4 Å². The molecule has 5 rings (SSSR count). The normalized spacial score (nSPS) is 13.9. The van der Waals surface area contributed by atoms with Crippen LogP contribution in [0.2, 0.25) is 10.0 Å². The van der Waals surface area contributed by atoms with Gasteiger partial charge in [0.25, 0.3) is 5.91 Å². The predicted octanol–water partition coefficient (Wildman–Crippen LogP) is 5.75. The summed E-state index contributed by atoms with van der Waals surface area (Å²) in [6, 6.07) is 14.6. The summed E-state index contributed by atoms with van der Waals surface area (Å²) in [4.78, 5) is 21.2. The van der Waals surface area contributed by atoms with Crippen molar-refractivity contribution in [2.75, 3.05) is 11.9 Å². The van der Waals surface area contributed by atoms with Gasteiger partial charge >= 0.3 is 0 Å². The first kappa shape index (κ1) is 22.3. The molecule has 0 unspecified atom stereocenters. The van der Waals surface area contributed by atoms with E-state index in [9.17, 15) is 4.79 Å². The monoisotopic (exact) mass is 509 g/mol. The maximum absolute atomic E-state index is 11.8. The Kier molecular flexibility index (Phi) is 6.19. The Hall–Kier alpha value is -3.46. The number of thiazole rings is 1. The van der Waals surface area contributed by atoms with Gasteiger partial charge in [-0.3, -0.25) is 9.78 Å². The van der Waals surface area contributed by atoms with Gasteiger partial charge in [-0.05, 0) is 55.5 Å². The molecule has 10 heteroatoms. The lowest BCUT2D eigenvalue weighted by Crippen LogP contribution is -2.25. The molecule has 0 aliphatic carbocycles. The zero-order valence-corrected chi connectivity index (χ0v) is 20.2. The molecule has 0 saturated heterocycles. The Bertz CT molecular complexity index is 1490. The number of hydrogen-bond donors (Lipinski definition) is 1. The van der Waals surface area contributed by atoms with Gasteiger partial charge in [0, 0.05) is 33.9 Å². The number of anilines is 1. The van der Waals surface area contributed by atoms with Crippen molar-refractivity contribution in [3.8, 4) is 17.0 Å². The second-order valence-electron chi connectivity index (χ2n) is 7.39. The molecule has 0 radical (unpaired) electrons. The lowest BCUT2D eigenvalue weighted by atomic mass is 10.1. The number of pyridine rings is 1. The SMILES string of the molecule is CC(=Nn1c(-c2ccc3c(c2)NC(=O)CO3)csc1=Nc1ccc(Cl)cc1Cl)c1ccncc1. The molecule has 170 valence electrons. The smallest absolute Gasteiger partial charge is 0.262 e. The Balaban J connectivity index is 1.68. The largest absolute Gasteiger partial charge is 0.482 e. The van der Waals surface area contributed by atoms with Crippen molar-refractivity contribution in [2.45, 2.75) is 6.92 Å². The topological polar surface area (TPSA) is 80.9 Å². The van der Waals surface area contributed by atoms with Gasteiger partial charge in [0.1, 0.15) is 5.75 Å². The zero-order chi connectivity index (χ0) is 23.7.